The Hall–Kier alpha value is -1.06. The average Bonchev–Trinajstić information content (AvgIpc) is 2.56. The fourth-order valence-corrected chi connectivity index (χ4v) is 2.93. The zero-order valence-corrected chi connectivity index (χ0v) is 13.4. The van der Waals surface area contributed by atoms with Crippen LogP contribution in [0.2, 0.25) is 0 Å². The molecule has 1 heterocycles. The molecule has 0 spiro atoms. The van der Waals surface area contributed by atoms with Crippen molar-refractivity contribution < 1.29 is 9.47 Å². The molecule has 2 unspecified atom stereocenters. The van der Waals surface area contributed by atoms with Gasteiger partial charge in [0.15, 0.2) is 0 Å². The Kier molecular flexibility index (Phi) is 7.04. The van der Waals surface area contributed by atoms with Crippen LogP contribution in [0.15, 0.2) is 24.3 Å². The van der Waals surface area contributed by atoms with Crippen molar-refractivity contribution in [3.8, 4) is 5.75 Å². The second kappa shape index (κ2) is 9.06. The molecular weight excluding hydrogens is 262 g/mol. The van der Waals surface area contributed by atoms with Crippen molar-refractivity contribution in [3.05, 3.63) is 29.8 Å². The second-order valence-electron chi connectivity index (χ2n) is 5.85. The summed E-state index contributed by atoms with van der Waals surface area (Å²) in [5.74, 6) is 0.920. The molecule has 118 valence electrons. The van der Waals surface area contributed by atoms with Crippen LogP contribution in [0.25, 0.3) is 0 Å². The highest BCUT2D eigenvalue weighted by molar-refractivity contribution is 5.29. The van der Waals surface area contributed by atoms with Crippen LogP contribution in [-0.2, 0) is 4.74 Å². The van der Waals surface area contributed by atoms with Crippen LogP contribution in [0.1, 0.15) is 57.1 Å². The van der Waals surface area contributed by atoms with Gasteiger partial charge < -0.3 is 14.8 Å². The summed E-state index contributed by atoms with van der Waals surface area (Å²) in [7, 11) is 1.71. The molecule has 1 N–H and O–H groups in total. The van der Waals surface area contributed by atoms with Crippen molar-refractivity contribution in [3.63, 3.8) is 0 Å². The van der Waals surface area contributed by atoms with Crippen LogP contribution in [0, 0.1) is 0 Å². The number of methoxy groups -OCH3 is 1. The predicted octanol–water partition coefficient (Wildman–Crippen LogP) is 4.09. The van der Waals surface area contributed by atoms with E-state index in [1.54, 1.807) is 7.11 Å². The number of benzene rings is 1. The Balaban J connectivity index is 1.91. The molecule has 2 atom stereocenters. The summed E-state index contributed by atoms with van der Waals surface area (Å²) in [6.07, 6.45) is 7.68. The fourth-order valence-electron chi connectivity index (χ4n) is 2.93. The zero-order valence-electron chi connectivity index (χ0n) is 13.4. The maximum absolute atomic E-state index is 5.86. The van der Waals surface area contributed by atoms with Gasteiger partial charge in [-0.3, -0.25) is 0 Å². The van der Waals surface area contributed by atoms with Gasteiger partial charge in [0.05, 0.1) is 13.2 Å². The topological polar surface area (TPSA) is 30.5 Å². The van der Waals surface area contributed by atoms with E-state index in [-0.39, 0.29) is 0 Å². The molecule has 3 nitrogen and oxygen atoms in total. The van der Waals surface area contributed by atoms with E-state index in [1.807, 2.05) is 12.1 Å². The average molecular weight is 291 g/mol. The van der Waals surface area contributed by atoms with E-state index in [0.29, 0.717) is 12.1 Å². The standard InChI is InChI=1S/C18H29NO2/c1-3-13-19-18(12-11-17-6-4-5-14-21-17)15-7-9-16(20-2)10-8-15/h7-10,17-19H,3-6,11-14H2,1-2H3. The third-order valence-corrected chi connectivity index (χ3v) is 4.21. The molecule has 0 bridgehead atoms. The van der Waals surface area contributed by atoms with E-state index in [9.17, 15) is 0 Å². The molecule has 1 fully saturated rings. The molecule has 0 amide bonds. The van der Waals surface area contributed by atoms with E-state index in [0.717, 1.165) is 38.2 Å². The lowest BCUT2D eigenvalue weighted by Crippen LogP contribution is -2.25. The highest BCUT2D eigenvalue weighted by Gasteiger charge is 2.17. The van der Waals surface area contributed by atoms with Gasteiger partial charge in [0.2, 0.25) is 0 Å². The molecule has 1 aromatic rings. The van der Waals surface area contributed by atoms with E-state index < -0.39 is 0 Å². The summed E-state index contributed by atoms with van der Waals surface area (Å²) < 4.78 is 11.1. The van der Waals surface area contributed by atoms with Crippen LogP contribution in [0.4, 0.5) is 0 Å². The second-order valence-corrected chi connectivity index (χ2v) is 5.85. The summed E-state index contributed by atoms with van der Waals surface area (Å²) >= 11 is 0. The molecule has 3 heteroatoms. The van der Waals surface area contributed by atoms with Crippen LogP contribution in [0.3, 0.4) is 0 Å². The van der Waals surface area contributed by atoms with Crippen LogP contribution >= 0.6 is 0 Å². The van der Waals surface area contributed by atoms with Gasteiger partial charge in [0.1, 0.15) is 5.75 Å². The van der Waals surface area contributed by atoms with Crippen LogP contribution in [0.5, 0.6) is 5.75 Å². The Morgan fingerprint density at radius 1 is 1.29 bits per heavy atom. The Morgan fingerprint density at radius 3 is 2.71 bits per heavy atom. The lowest BCUT2D eigenvalue weighted by atomic mass is 9.97. The van der Waals surface area contributed by atoms with Gasteiger partial charge in [0.25, 0.3) is 0 Å². The van der Waals surface area contributed by atoms with Crippen molar-refractivity contribution in [2.45, 2.75) is 57.6 Å². The lowest BCUT2D eigenvalue weighted by molar-refractivity contribution is 0.00854. The Morgan fingerprint density at radius 2 is 2.10 bits per heavy atom. The summed E-state index contributed by atoms with van der Waals surface area (Å²) in [6, 6.07) is 8.86. The maximum Gasteiger partial charge on any atom is 0.118 e. The van der Waals surface area contributed by atoms with E-state index in [1.165, 1.54) is 24.8 Å². The molecule has 1 aliphatic rings. The first-order valence-electron chi connectivity index (χ1n) is 8.32. The first kappa shape index (κ1) is 16.3. The molecule has 1 aliphatic heterocycles. The third-order valence-electron chi connectivity index (χ3n) is 4.21. The van der Waals surface area contributed by atoms with Gasteiger partial charge in [-0.05, 0) is 62.8 Å². The van der Waals surface area contributed by atoms with E-state index in [4.69, 9.17) is 9.47 Å². The number of nitrogens with one attached hydrogen (secondary N) is 1. The minimum Gasteiger partial charge on any atom is -0.497 e. The number of rotatable bonds is 8. The number of hydrogen-bond donors (Lipinski definition) is 1. The molecule has 0 saturated carbocycles. The van der Waals surface area contributed by atoms with Gasteiger partial charge >= 0.3 is 0 Å². The summed E-state index contributed by atoms with van der Waals surface area (Å²) in [4.78, 5) is 0. The fraction of sp³-hybridized carbons (Fsp3) is 0.667. The third kappa shape index (κ3) is 5.33. The van der Waals surface area contributed by atoms with Gasteiger partial charge in [-0.2, -0.15) is 0 Å². The van der Waals surface area contributed by atoms with E-state index >= 15 is 0 Å². The van der Waals surface area contributed by atoms with Gasteiger partial charge in [-0.1, -0.05) is 19.1 Å². The first-order valence-corrected chi connectivity index (χ1v) is 8.32. The summed E-state index contributed by atoms with van der Waals surface area (Å²) in [5, 5.41) is 3.67. The minimum atomic E-state index is 0.418. The molecule has 0 aromatic heterocycles. The van der Waals surface area contributed by atoms with Gasteiger partial charge in [-0.15, -0.1) is 0 Å². The predicted molar refractivity (Wildman–Crippen MR) is 86.9 cm³/mol. The van der Waals surface area contributed by atoms with Gasteiger partial charge in [0, 0.05) is 12.6 Å². The molecular formula is C18H29NO2. The van der Waals surface area contributed by atoms with E-state index in [2.05, 4.69) is 24.4 Å². The number of ether oxygens (including phenoxy) is 2. The monoisotopic (exact) mass is 291 g/mol. The maximum atomic E-state index is 5.86. The molecule has 1 saturated heterocycles. The first-order chi connectivity index (χ1) is 10.3. The van der Waals surface area contributed by atoms with Crippen molar-refractivity contribution in [1.29, 1.82) is 0 Å². The molecule has 0 aliphatic carbocycles. The normalized spacial score (nSPS) is 20.2. The molecule has 2 rings (SSSR count). The highest BCUT2D eigenvalue weighted by atomic mass is 16.5. The van der Waals surface area contributed by atoms with Crippen molar-refractivity contribution in [1.82, 2.24) is 5.32 Å². The quantitative estimate of drug-likeness (QED) is 0.782. The zero-order chi connectivity index (χ0) is 14.9. The molecule has 0 radical (unpaired) electrons. The lowest BCUT2D eigenvalue weighted by Gasteiger charge is -2.25. The van der Waals surface area contributed by atoms with Crippen molar-refractivity contribution in [2.75, 3.05) is 20.3 Å². The smallest absolute Gasteiger partial charge is 0.118 e. The van der Waals surface area contributed by atoms with Crippen LogP contribution in [-0.4, -0.2) is 26.4 Å². The summed E-state index contributed by atoms with van der Waals surface area (Å²) in [6.45, 7) is 4.21. The molecule has 1 aromatic carbocycles. The number of hydrogen-bond acceptors (Lipinski definition) is 3. The highest BCUT2D eigenvalue weighted by Crippen LogP contribution is 2.25. The minimum absolute atomic E-state index is 0.418. The SMILES string of the molecule is CCCNC(CCC1CCCCO1)c1ccc(OC)cc1. The van der Waals surface area contributed by atoms with Crippen molar-refractivity contribution >= 4 is 0 Å². The van der Waals surface area contributed by atoms with Gasteiger partial charge in [-0.25, -0.2) is 0 Å². The molecule has 21 heavy (non-hydrogen) atoms. The summed E-state index contributed by atoms with van der Waals surface area (Å²) in [5.41, 5.74) is 1.35. The Labute approximate surface area is 129 Å². The Bertz CT molecular complexity index is 385. The largest absolute Gasteiger partial charge is 0.497 e. The van der Waals surface area contributed by atoms with Crippen molar-refractivity contribution in [2.24, 2.45) is 0 Å². The van der Waals surface area contributed by atoms with Crippen LogP contribution < -0.4 is 10.1 Å².